The third-order valence-corrected chi connectivity index (χ3v) is 5.03. The minimum atomic E-state index is 0.0476. The van der Waals surface area contributed by atoms with Crippen molar-refractivity contribution in [2.45, 2.75) is 37.8 Å². The van der Waals surface area contributed by atoms with Gasteiger partial charge in [0.25, 0.3) is 0 Å². The molecule has 1 aromatic rings. The summed E-state index contributed by atoms with van der Waals surface area (Å²) in [7, 11) is 0. The monoisotopic (exact) mass is 320 g/mol. The fourth-order valence-electron chi connectivity index (χ4n) is 2.82. The van der Waals surface area contributed by atoms with Crippen LogP contribution < -0.4 is 5.32 Å². The van der Waals surface area contributed by atoms with E-state index >= 15 is 0 Å². The molecule has 0 aromatic heterocycles. The number of nitrogens with one attached hydrogen (secondary N) is 1. The van der Waals surface area contributed by atoms with Gasteiger partial charge in [-0.3, -0.25) is 4.79 Å². The molecule has 122 valence electrons. The highest BCUT2D eigenvalue weighted by atomic mass is 32.2. The number of hydrogen-bond donors (Lipinski definition) is 1. The van der Waals surface area contributed by atoms with Gasteiger partial charge in [-0.2, -0.15) is 0 Å². The van der Waals surface area contributed by atoms with Gasteiger partial charge in [-0.15, -0.1) is 11.8 Å². The molecule has 1 heterocycles. The predicted molar refractivity (Wildman–Crippen MR) is 95.0 cm³/mol. The lowest BCUT2D eigenvalue weighted by atomic mass is 9.97. The highest BCUT2D eigenvalue weighted by Crippen LogP contribution is 2.29. The first-order valence-electron chi connectivity index (χ1n) is 8.22. The van der Waals surface area contributed by atoms with E-state index in [1.165, 1.54) is 0 Å². The second-order valence-electron chi connectivity index (χ2n) is 6.48. The Balaban J connectivity index is 2.11. The first-order chi connectivity index (χ1) is 10.5. The second-order valence-corrected chi connectivity index (χ2v) is 8.10. The first-order valence-corrected chi connectivity index (χ1v) is 9.10. The minimum Gasteiger partial charge on any atom is -0.314 e. The van der Waals surface area contributed by atoms with Crippen LogP contribution in [0.3, 0.4) is 0 Å². The number of carbonyl (C=O) groups excluding carboxylic acids is 1. The van der Waals surface area contributed by atoms with E-state index in [1.54, 1.807) is 11.8 Å². The van der Waals surface area contributed by atoms with Crippen LogP contribution in [0.1, 0.15) is 36.7 Å². The Bertz CT molecular complexity index is 510. The second kappa shape index (κ2) is 8.14. The lowest BCUT2D eigenvalue weighted by molar-refractivity contribution is 0.0884. The Morgan fingerprint density at radius 1 is 1.27 bits per heavy atom. The van der Waals surface area contributed by atoms with Gasteiger partial charge in [0.05, 0.1) is 0 Å². The molecule has 22 heavy (non-hydrogen) atoms. The van der Waals surface area contributed by atoms with Gasteiger partial charge in [0, 0.05) is 54.4 Å². The van der Waals surface area contributed by atoms with E-state index < -0.39 is 0 Å². The highest BCUT2D eigenvalue weighted by molar-refractivity contribution is 8.00. The van der Waals surface area contributed by atoms with Gasteiger partial charge >= 0.3 is 0 Å². The van der Waals surface area contributed by atoms with E-state index in [9.17, 15) is 4.79 Å². The predicted octanol–water partition coefficient (Wildman–Crippen LogP) is 3.22. The maximum Gasteiger partial charge on any atom is 0.168 e. The van der Waals surface area contributed by atoms with Crippen LogP contribution in [0.15, 0.2) is 23.1 Å². The normalized spacial score (nSPS) is 17.7. The fourth-order valence-corrected chi connectivity index (χ4v) is 3.76. The van der Waals surface area contributed by atoms with Crippen molar-refractivity contribution in [3.05, 3.63) is 29.3 Å². The third-order valence-electron chi connectivity index (χ3n) is 3.95. The molecule has 0 aliphatic carbocycles. The van der Waals surface area contributed by atoms with Crippen LogP contribution in [0, 0.1) is 12.8 Å². The number of nitrogens with zero attached hydrogens (tertiary/aromatic N) is 1. The largest absolute Gasteiger partial charge is 0.314 e. The number of thioether (sulfide) groups is 1. The van der Waals surface area contributed by atoms with Crippen LogP contribution in [-0.4, -0.2) is 48.7 Å². The Hall–Kier alpha value is -0.840. The number of aryl methyl sites for hydroxylation is 1. The van der Waals surface area contributed by atoms with Crippen LogP contribution in [0.25, 0.3) is 0 Å². The van der Waals surface area contributed by atoms with Gasteiger partial charge < -0.3 is 10.2 Å². The summed E-state index contributed by atoms with van der Waals surface area (Å²) in [6.07, 6.45) is 0. The molecule has 0 amide bonds. The molecule has 4 heteroatoms. The van der Waals surface area contributed by atoms with Gasteiger partial charge in [-0.05, 0) is 19.1 Å². The average Bonchev–Trinajstić information content (AvgIpc) is 2.49. The summed E-state index contributed by atoms with van der Waals surface area (Å²) < 4.78 is 0. The molecule has 2 rings (SSSR count). The molecule has 1 fully saturated rings. The third kappa shape index (κ3) is 4.83. The van der Waals surface area contributed by atoms with Crippen LogP contribution in [0.2, 0.25) is 0 Å². The Labute approximate surface area is 138 Å². The topological polar surface area (TPSA) is 32.3 Å². The Morgan fingerprint density at radius 2 is 1.95 bits per heavy atom. The molecule has 1 aliphatic rings. The number of piperazine rings is 1. The zero-order chi connectivity index (χ0) is 16.1. The van der Waals surface area contributed by atoms with Crippen molar-refractivity contribution in [2.75, 3.05) is 32.7 Å². The van der Waals surface area contributed by atoms with Crippen molar-refractivity contribution in [1.29, 1.82) is 0 Å². The molecule has 0 bridgehead atoms. The Morgan fingerprint density at radius 3 is 2.59 bits per heavy atom. The highest BCUT2D eigenvalue weighted by Gasteiger charge is 2.22. The quantitative estimate of drug-likeness (QED) is 0.644. The maximum atomic E-state index is 12.9. The van der Waals surface area contributed by atoms with Crippen LogP contribution in [-0.2, 0) is 0 Å². The SMILES string of the molecule is Cc1ccc(SC(C)C)c(C(=O)C(C)CN2CCNCC2)c1. The number of carbonyl (C=O) groups is 1. The molecule has 0 radical (unpaired) electrons. The average molecular weight is 321 g/mol. The number of hydrogen-bond acceptors (Lipinski definition) is 4. The molecule has 0 saturated carbocycles. The minimum absolute atomic E-state index is 0.0476. The lowest BCUT2D eigenvalue weighted by Crippen LogP contribution is -2.45. The maximum absolute atomic E-state index is 12.9. The summed E-state index contributed by atoms with van der Waals surface area (Å²) in [6, 6.07) is 6.26. The van der Waals surface area contributed by atoms with Crippen molar-refractivity contribution >= 4 is 17.5 Å². The van der Waals surface area contributed by atoms with E-state index in [1.807, 2.05) is 0 Å². The molecule has 1 aromatic carbocycles. The summed E-state index contributed by atoms with van der Waals surface area (Å²) >= 11 is 1.78. The van der Waals surface area contributed by atoms with E-state index in [-0.39, 0.29) is 11.7 Å². The number of benzene rings is 1. The standard InChI is InChI=1S/C18H28N2OS/c1-13(2)22-17-6-5-14(3)11-16(17)18(21)15(4)12-20-9-7-19-8-10-20/h5-6,11,13,15,19H,7-10,12H2,1-4H3. The van der Waals surface area contributed by atoms with E-state index in [2.05, 4.69) is 56.1 Å². The van der Waals surface area contributed by atoms with Crippen LogP contribution >= 0.6 is 11.8 Å². The summed E-state index contributed by atoms with van der Waals surface area (Å²) in [4.78, 5) is 16.4. The Kier molecular flexibility index (Phi) is 6.48. The fraction of sp³-hybridized carbons (Fsp3) is 0.611. The molecule has 0 spiro atoms. The molecule has 1 N–H and O–H groups in total. The van der Waals surface area contributed by atoms with Crippen LogP contribution in [0.5, 0.6) is 0 Å². The van der Waals surface area contributed by atoms with E-state index in [0.29, 0.717) is 5.25 Å². The van der Waals surface area contributed by atoms with Gasteiger partial charge in [-0.1, -0.05) is 32.4 Å². The zero-order valence-corrected chi connectivity index (χ0v) is 15.0. The summed E-state index contributed by atoms with van der Waals surface area (Å²) in [6.45, 7) is 13.5. The molecular formula is C18H28N2OS. The zero-order valence-electron chi connectivity index (χ0n) is 14.2. The molecule has 1 unspecified atom stereocenters. The molecule has 3 nitrogen and oxygen atoms in total. The summed E-state index contributed by atoms with van der Waals surface area (Å²) in [5.41, 5.74) is 2.06. The molecule has 1 atom stereocenters. The van der Waals surface area contributed by atoms with Crippen molar-refractivity contribution in [3.63, 3.8) is 0 Å². The number of rotatable bonds is 6. The van der Waals surface area contributed by atoms with Crippen molar-refractivity contribution in [1.82, 2.24) is 10.2 Å². The van der Waals surface area contributed by atoms with Crippen LogP contribution in [0.4, 0.5) is 0 Å². The van der Waals surface area contributed by atoms with Crippen molar-refractivity contribution < 1.29 is 4.79 Å². The lowest BCUT2D eigenvalue weighted by Gasteiger charge is -2.29. The van der Waals surface area contributed by atoms with Gasteiger partial charge in [0.2, 0.25) is 0 Å². The molecular weight excluding hydrogens is 292 g/mol. The number of ketones is 1. The van der Waals surface area contributed by atoms with Crippen molar-refractivity contribution in [3.8, 4) is 0 Å². The molecule has 1 aliphatic heterocycles. The van der Waals surface area contributed by atoms with Crippen molar-refractivity contribution in [2.24, 2.45) is 5.92 Å². The summed E-state index contributed by atoms with van der Waals surface area (Å²) in [5.74, 6) is 0.330. The van der Waals surface area contributed by atoms with Gasteiger partial charge in [0.1, 0.15) is 0 Å². The van der Waals surface area contributed by atoms with E-state index in [4.69, 9.17) is 0 Å². The molecule has 1 saturated heterocycles. The first kappa shape index (κ1) is 17.5. The summed E-state index contributed by atoms with van der Waals surface area (Å²) in [5, 5.41) is 3.84. The van der Waals surface area contributed by atoms with E-state index in [0.717, 1.165) is 48.7 Å². The number of Topliss-reactive ketones (excluding diaryl/α,β-unsaturated/α-hetero) is 1. The smallest absolute Gasteiger partial charge is 0.168 e. The van der Waals surface area contributed by atoms with Gasteiger partial charge in [-0.25, -0.2) is 0 Å². The van der Waals surface area contributed by atoms with Gasteiger partial charge in [0.15, 0.2) is 5.78 Å².